The van der Waals surface area contributed by atoms with Crippen LogP contribution < -0.4 is 0 Å². The second kappa shape index (κ2) is 5.46. The van der Waals surface area contributed by atoms with Crippen molar-refractivity contribution in [2.24, 2.45) is 0 Å². The number of halogens is 3. The molecule has 1 aromatic carbocycles. The van der Waals surface area contributed by atoms with Crippen molar-refractivity contribution in [1.82, 2.24) is 9.97 Å². The maximum Gasteiger partial charge on any atom is 0.343 e. The molecule has 0 fully saturated rings. The molecule has 5 nitrogen and oxygen atoms in total. The van der Waals surface area contributed by atoms with Crippen molar-refractivity contribution in [2.75, 3.05) is 0 Å². The average Bonchev–Trinajstić information content (AvgIpc) is 2.30. The molecule has 0 aliphatic carbocycles. The number of hydrogen-bond donors (Lipinski definition) is 0. The minimum Gasteiger partial charge on any atom is -0.258 e. The molecule has 0 unspecified atom stereocenters. The minimum absolute atomic E-state index is 0.229. The van der Waals surface area contributed by atoms with Gasteiger partial charge in [-0.15, -0.1) is 0 Å². The highest BCUT2D eigenvalue weighted by molar-refractivity contribution is 6.36. The molecule has 0 aliphatic rings. The van der Waals surface area contributed by atoms with Crippen LogP contribution >= 0.6 is 23.2 Å². The van der Waals surface area contributed by atoms with Crippen LogP contribution in [0.2, 0.25) is 10.3 Å². The summed E-state index contributed by atoms with van der Waals surface area (Å²) in [6.07, 6.45) is 0.248. The summed E-state index contributed by atoms with van der Waals surface area (Å²) in [4.78, 5) is 17.5. The third-order valence-electron chi connectivity index (χ3n) is 2.30. The third-order valence-corrected chi connectivity index (χ3v) is 2.83. The Morgan fingerprint density at radius 1 is 1.16 bits per heavy atom. The van der Waals surface area contributed by atoms with Crippen molar-refractivity contribution in [1.29, 1.82) is 0 Å². The topological polar surface area (TPSA) is 68.9 Å². The highest BCUT2D eigenvalue weighted by atomic mass is 35.5. The summed E-state index contributed by atoms with van der Waals surface area (Å²) in [5.41, 5.74) is 0.216. The van der Waals surface area contributed by atoms with E-state index in [0.29, 0.717) is 0 Å². The maximum absolute atomic E-state index is 12.7. The van der Waals surface area contributed by atoms with Crippen molar-refractivity contribution < 1.29 is 9.31 Å². The van der Waals surface area contributed by atoms with Crippen molar-refractivity contribution >= 4 is 28.9 Å². The molecule has 0 spiro atoms. The van der Waals surface area contributed by atoms with E-state index in [9.17, 15) is 14.5 Å². The van der Waals surface area contributed by atoms with Gasteiger partial charge in [0.15, 0.2) is 0 Å². The van der Waals surface area contributed by atoms with Crippen LogP contribution in [0.1, 0.15) is 11.4 Å². The minimum atomic E-state index is -0.744. The number of benzene rings is 1. The summed E-state index contributed by atoms with van der Waals surface area (Å²) >= 11 is 11.4. The summed E-state index contributed by atoms with van der Waals surface area (Å²) in [6.45, 7) is 0. The molecule has 0 radical (unpaired) electrons. The van der Waals surface area contributed by atoms with Crippen molar-refractivity contribution in [2.45, 2.75) is 6.42 Å². The Hall–Kier alpha value is -1.79. The van der Waals surface area contributed by atoms with E-state index in [2.05, 4.69) is 9.97 Å². The van der Waals surface area contributed by atoms with E-state index in [1.54, 1.807) is 12.1 Å². The van der Waals surface area contributed by atoms with Gasteiger partial charge in [0.05, 0.1) is 4.92 Å². The second-order valence-electron chi connectivity index (χ2n) is 3.63. The standard InChI is InChI=1S/C11H6Cl2FN3O2/c12-10-9(17(18)19)11(13)16-8(15-10)5-6-1-3-7(14)4-2-6/h1-4H,5H2. The van der Waals surface area contributed by atoms with E-state index in [1.807, 2.05) is 0 Å². The van der Waals surface area contributed by atoms with Crippen LogP contribution in [0.25, 0.3) is 0 Å². The molecule has 1 aromatic heterocycles. The molecule has 0 N–H and O–H groups in total. The fourth-order valence-corrected chi connectivity index (χ4v) is 2.02. The first-order valence-electron chi connectivity index (χ1n) is 5.08. The molecule has 1 heterocycles. The van der Waals surface area contributed by atoms with Gasteiger partial charge in [-0.3, -0.25) is 10.1 Å². The van der Waals surface area contributed by atoms with Gasteiger partial charge in [0.25, 0.3) is 0 Å². The highest BCUT2D eigenvalue weighted by Crippen LogP contribution is 2.29. The molecule has 2 aromatic rings. The number of aromatic nitrogens is 2. The largest absolute Gasteiger partial charge is 0.343 e. The Balaban J connectivity index is 2.32. The summed E-state index contributed by atoms with van der Waals surface area (Å²) in [6, 6.07) is 5.71. The van der Waals surface area contributed by atoms with Crippen molar-refractivity contribution in [3.63, 3.8) is 0 Å². The molecule has 19 heavy (non-hydrogen) atoms. The van der Waals surface area contributed by atoms with Crippen LogP contribution in [0.3, 0.4) is 0 Å². The lowest BCUT2D eigenvalue weighted by atomic mass is 10.1. The van der Waals surface area contributed by atoms with E-state index in [0.717, 1.165) is 5.56 Å². The Morgan fingerprint density at radius 2 is 1.68 bits per heavy atom. The van der Waals surface area contributed by atoms with Gasteiger partial charge >= 0.3 is 5.69 Å². The van der Waals surface area contributed by atoms with E-state index < -0.39 is 10.6 Å². The van der Waals surface area contributed by atoms with Crippen LogP contribution in [-0.4, -0.2) is 14.9 Å². The van der Waals surface area contributed by atoms with Crippen LogP contribution in [0.4, 0.5) is 10.1 Å². The van der Waals surface area contributed by atoms with Gasteiger partial charge in [0.2, 0.25) is 10.3 Å². The van der Waals surface area contributed by atoms with Gasteiger partial charge in [-0.05, 0) is 17.7 Å². The van der Waals surface area contributed by atoms with Gasteiger partial charge < -0.3 is 0 Å². The average molecular weight is 302 g/mol. The fourth-order valence-electron chi connectivity index (χ4n) is 1.46. The first-order chi connectivity index (χ1) is 8.97. The van der Waals surface area contributed by atoms with Crippen LogP contribution in [0.5, 0.6) is 0 Å². The van der Waals surface area contributed by atoms with Crippen molar-refractivity contribution in [3.05, 3.63) is 61.9 Å². The fraction of sp³-hybridized carbons (Fsp3) is 0.0909. The third kappa shape index (κ3) is 3.15. The lowest BCUT2D eigenvalue weighted by molar-refractivity contribution is -0.385. The molecular formula is C11H6Cl2FN3O2. The molecule has 0 amide bonds. The maximum atomic E-state index is 12.7. The molecular weight excluding hydrogens is 296 g/mol. The Kier molecular flexibility index (Phi) is 3.92. The monoisotopic (exact) mass is 301 g/mol. The van der Waals surface area contributed by atoms with Gasteiger partial charge in [-0.2, -0.15) is 0 Å². The SMILES string of the molecule is O=[N+]([O-])c1c(Cl)nc(Cc2ccc(F)cc2)nc1Cl. The number of hydrogen-bond acceptors (Lipinski definition) is 4. The van der Waals surface area contributed by atoms with E-state index in [1.165, 1.54) is 12.1 Å². The molecule has 2 rings (SSSR count). The predicted octanol–water partition coefficient (Wildman–Crippen LogP) is 3.42. The quantitative estimate of drug-likeness (QED) is 0.495. The summed E-state index contributed by atoms with van der Waals surface area (Å²) in [7, 11) is 0. The lowest BCUT2D eigenvalue weighted by Crippen LogP contribution is -2.02. The van der Waals surface area contributed by atoms with Gasteiger partial charge in [0, 0.05) is 6.42 Å². The Bertz CT molecular complexity index is 611. The number of nitrogens with zero attached hydrogens (tertiary/aromatic N) is 3. The Morgan fingerprint density at radius 3 is 2.16 bits per heavy atom. The molecule has 0 aliphatic heterocycles. The zero-order valence-corrected chi connectivity index (χ0v) is 10.8. The van der Waals surface area contributed by atoms with Gasteiger partial charge in [0.1, 0.15) is 11.6 Å². The normalized spacial score (nSPS) is 10.5. The number of nitro groups is 1. The summed E-state index contributed by atoms with van der Waals surface area (Å²) < 4.78 is 12.7. The highest BCUT2D eigenvalue weighted by Gasteiger charge is 2.22. The predicted molar refractivity (Wildman–Crippen MR) is 67.9 cm³/mol. The first-order valence-corrected chi connectivity index (χ1v) is 5.83. The van der Waals surface area contributed by atoms with E-state index >= 15 is 0 Å². The van der Waals surface area contributed by atoms with Crippen molar-refractivity contribution in [3.8, 4) is 0 Å². The van der Waals surface area contributed by atoms with E-state index in [4.69, 9.17) is 23.2 Å². The Labute approximate surface area is 117 Å². The van der Waals surface area contributed by atoms with Gasteiger partial charge in [-0.1, -0.05) is 35.3 Å². The number of rotatable bonds is 3. The van der Waals surface area contributed by atoms with Gasteiger partial charge in [-0.25, -0.2) is 14.4 Å². The van der Waals surface area contributed by atoms with E-state index in [-0.39, 0.29) is 28.4 Å². The van der Waals surface area contributed by atoms with Crippen LogP contribution in [-0.2, 0) is 6.42 Å². The van der Waals surface area contributed by atoms with Crippen LogP contribution in [0, 0.1) is 15.9 Å². The lowest BCUT2D eigenvalue weighted by Gasteiger charge is -2.03. The summed E-state index contributed by atoms with van der Waals surface area (Å²) in [5, 5.41) is 10.0. The molecule has 0 saturated heterocycles. The zero-order valence-electron chi connectivity index (χ0n) is 9.31. The first kappa shape index (κ1) is 13.6. The smallest absolute Gasteiger partial charge is 0.258 e. The molecule has 8 heteroatoms. The molecule has 0 atom stereocenters. The molecule has 98 valence electrons. The van der Waals surface area contributed by atoms with Crippen LogP contribution in [0.15, 0.2) is 24.3 Å². The zero-order chi connectivity index (χ0) is 14.0. The molecule has 0 bridgehead atoms. The summed E-state index contributed by atoms with van der Waals surface area (Å²) in [5.74, 6) is -0.128. The second-order valence-corrected chi connectivity index (χ2v) is 4.35. The molecule has 0 saturated carbocycles.